The van der Waals surface area contributed by atoms with Gasteiger partial charge in [0, 0.05) is 11.1 Å². The minimum atomic E-state index is -0.0405. The number of nitrogens with two attached hydrogens (primary N) is 1. The van der Waals surface area contributed by atoms with Crippen molar-refractivity contribution in [3.8, 4) is 5.75 Å². The number of benzene rings is 1. The van der Waals surface area contributed by atoms with Crippen LogP contribution >= 0.6 is 11.6 Å². The molecule has 3 atom stereocenters. The smallest absolute Gasteiger partial charge is 0.121 e. The van der Waals surface area contributed by atoms with Crippen LogP contribution in [-0.4, -0.2) is 6.10 Å². The Morgan fingerprint density at radius 2 is 2.17 bits per heavy atom. The molecule has 1 aliphatic carbocycles. The van der Waals surface area contributed by atoms with Gasteiger partial charge in [-0.1, -0.05) is 31.0 Å². The van der Waals surface area contributed by atoms with Crippen molar-refractivity contribution in [2.24, 2.45) is 11.7 Å². The van der Waals surface area contributed by atoms with E-state index >= 15 is 0 Å². The molecule has 2 N–H and O–H groups in total. The molecule has 1 aromatic carbocycles. The van der Waals surface area contributed by atoms with Crippen molar-refractivity contribution >= 4 is 11.6 Å². The third kappa shape index (κ3) is 3.39. The van der Waals surface area contributed by atoms with Gasteiger partial charge in [-0.3, -0.25) is 0 Å². The lowest BCUT2D eigenvalue weighted by Crippen LogP contribution is -2.24. The first-order valence-corrected chi connectivity index (χ1v) is 7.15. The fraction of sp³-hybridized carbons (Fsp3) is 0.600. The fourth-order valence-corrected chi connectivity index (χ4v) is 2.97. The van der Waals surface area contributed by atoms with Crippen LogP contribution in [0.4, 0.5) is 0 Å². The van der Waals surface area contributed by atoms with E-state index < -0.39 is 0 Å². The van der Waals surface area contributed by atoms with Crippen LogP contribution in [0.1, 0.15) is 51.1 Å². The molecule has 0 aliphatic heterocycles. The second-order valence-electron chi connectivity index (χ2n) is 5.48. The summed E-state index contributed by atoms with van der Waals surface area (Å²) in [6.07, 6.45) is 5.22. The summed E-state index contributed by atoms with van der Waals surface area (Å²) in [5, 5.41) is 0.700. The van der Waals surface area contributed by atoms with Crippen molar-refractivity contribution in [3.63, 3.8) is 0 Å². The van der Waals surface area contributed by atoms with E-state index in [4.69, 9.17) is 22.1 Å². The third-order valence-electron chi connectivity index (χ3n) is 3.65. The second kappa shape index (κ2) is 5.94. The first kappa shape index (κ1) is 13.7. The molecule has 1 aliphatic rings. The Morgan fingerprint density at radius 1 is 1.39 bits per heavy atom. The first-order valence-electron chi connectivity index (χ1n) is 6.78. The molecule has 0 radical (unpaired) electrons. The molecule has 0 aromatic heterocycles. The molecular weight excluding hydrogens is 246 g/mol. The topological polar surface area (TPSA) is 35.2 Å². The number of ether oxygens (including phenoxy) is 1. The Kier molecular flexibility index (Phi) is 4.52. The van der Waals surface area contributed by atoms with Crippen LogP contribution in [-0.2, 0) is 0 Å². The van der Waals surface area contributed by atoms with Gasteiger partial charge in [-0.05, 0) is 49.8 Å². The molecule has 1 aromatic rings. The largest absolute Gasteiger partial charge is 0.490 e. The van der Waals surface area contributed by atoms with Crippen LogP contribution in [0.25, 0.3) is 0 Å². The zero-order chi connectivity index (χ0) is 13.1. The quantitative estimate of drug-likeness (QED) is 0.885. The average molecular weight is 268 g/mol. The minimum absolute atomic E-state index is 0.0405. The highest BCUT2D eigenvalue weighted by atomic mass is 35.5. The molecule has 0 bridgehead atoms. The molecule has 3 heteroatoms. The van der Waals surface area contributed by atoms with Crippen LogP contribution in [0.2, 0.25) is 5.02 Å². The maximum Gasteiger partial charge on any atom is 0.121 e. The average Bonchev–Trinajstić information content (AvgIpc) is 2.28. The minimum Gasteiger partial charge on any atom is -0.490 e. The Hall–Kier alpha value is -0.730. The SMILES string of the molecule is CC1CCCC(Oc2ccc(C(C)N)c(Cl)c2)C1. The Labute approximate surface area is 114 Å². The van der Waals surface area contributed by atoms with Crippen molar-refractivity contribution in [2.45, 2.75) is 51.7 Å². The standard InChI is InChI=1S/C15H22ClNO/c1-10-4-3-5-12(8-10)18-13-6-7-14(11(2)17)15(16)9-13/h6-7,9-12H,3-5,8,17H2,1-2H3. The summed E-state index contributed by atoms with van der Waals surface area (Å²) >= 11 is 6.21. The molecule has 2 rings (SSSR count). The van der Waals surface area contributed by atoms with Crippen LogP contribution < -0.4 is 10.5 Å². The van der Waals surface area contributed by atoms with Gasteiger partial charge >= 0.3 is 0 Å². The van der Waals surface area contributed by atoms with Crippen molar-refractivity contribution in [1.82, 2.24) is 0 Å². The summed E-state index contributed by atoms with van der Waals surface area (Å²) in [5.41, 5.74) is 6.81. The van der Waals surface area contributed by atoms with Gasteiger partial charge in [0.1, 0.15) is 5.75 Å². The molecule has 0 spiro atoms. The summed E-state index contributed by atoms with van der Waals surface area (Å²) in [6.45, 7) is 4.23. The first-order chi connectivity index (χ1) is 8.56. The van der Waals surface area contributed by atoms with E-state index in [0.717, 1.165) is 30.1 Å². The number of rotatable bonds is 3. The lowest BCUT2D eigenvalue weighted by Gasteiger charge is -2.27. The van der Waals surface area contributed by atoms with Crippen molar-refractivity contribution in [1.29, 1.82) is 0 Å². The molecule has 18 heavy (non-hydrogen) atoms. The molecule has 1 fully saturated rings. The maximum atomic E-state index is 6.21. The van der Waals surface area contributed by atoms with Gasteiger partial charge in [0.05, 0.1) is 6.10 Å². The predicted octanol–water partition coefficient (Wildman–Crippen LogP) is 4.32. The summed E-state index contributed by atoms with van der Waals surface area (Å²) < 4.78 is 6.02. The van der Waals surface area contributed by atoms with E-state index in [-0.39, 0.29) is 6.04 Å². The van der Waals surface area contributed by atoms with E-state index in [9.17, 15) is 0 Å². The number of halogens is 1. The van der Waals surface area contributed by atoms with Crippen LogP contribution in [0.3, 0.4) is 0 Å². The van der Waals surface area contributed by atoms with Crippen molar-refractivity contribution in [3.05, 3.63) is 28.8 Å². The Morgan fingerprint density at radius 3 is 2.78 bits per heavy atom. The van der Waals surface area contributed by atoms with E-state index in [1.807, 2.05) is 25.1 Å². The third-order valence-corrected chi connectivity index (χ3v) is 3.98. The lowest BCUT2D eigenvalue weighted by molar-refractivity contribution is 0.129. The summed E-state index contributed by atoms with van der Waals surface area (Å²) in [7, 11) is 0. The van der Waals surface area contributed by atoms with Gasteiger partial charge in [-0.2, -0.15) is 0 Å². The molecule has 3 unspecified atom stereocenters. The lowest BCUT2D eigenvalue weighted by atomic mass is 9.89. The summed E-state index contributed by atoms with van der Waals surface area (Å²) in [4.78, 5) is 0. The number of hydrogen-bond donors (Lipinski definition) is 1. The van der Waals surface area contributed by atoms with Crippen LogP contribution in [0.15, 0.2) is 18.2 Å². The van der Waals surface area contributed by atoms with Gasteiger partial charge in [0.2, 0.25) is 0 Å². The zero-order valence-electron chi connectivity index (χ0n) is 11.2. The van der Waals surface area contributed by atoms with Gasteiger partial charge in [0.25, 0.3) is 0 Å². The zero-order valence-corrected chi connectivity index (χ0v) is 11.9. The van der Waals surface area contributed by atoms with Crippen molar-refractivity contribution in [2.75, 3.05) is 0 Å². The Balaban J connectivity index is 2.03. The van der Waals surface area contributed by atoms with E-state index in [0.29, 0.717) is 11.1 Å². The highest BCUT2D eigenvalue weighted by Gasteiger charge is 2.20. The summed E-state index contributed by atoms with van der Waals surface area (Å²) in [6, 6.07) is 5.79. The highest BCUT2D eigenvalue weighted by molar-refractivity contribution is 6.31. The maximum absolute atomic E-state index is 6.21. The van der Waals surface area contributed by atoms with Crippen molar-refractivity contribution < 1.29 is 4.74 Å². The molecule has 1 saturated carbocycles. The molecule has 0 heterocycles. The second-order valence-corrected chi connectivity index (χ2v) is 5.89. The van der Waals surface area contributed by atoms with E-state index in [1.54, 1.807) is 0 Å². The molecule has 0 amide bonds. The number of hydrogen-bond acceptors (Lipinski definition) is 2. The highest BCUT2D eigenvalue weighted by Crippen LogP contribution is 2.30. The predicted molar refractivity (Wildman–Crippen MR) is 76.1 cm³/mol. The molecule has 2 nitrogen and oxygen atoms in total. The fourth-order valence-electron chi connectivity index (χ4n) is 2.63. The van der Waals surface area contributed by atoms with E-state index in [1.165, 1.54) is 12.8 Å². The molecular formula is C15H22ClNO. The molecule has 100 valence electrons. The van der Waals surface area contributed by atoms with Gasteiger partial charge < -0.3 is 10.5 Å². The van der Waals surface area contributed by atoms with Crippen LogP contribution in [0, 0.1) is 5.92 Å². The normalized spacial score (nSPS) is 25.8. The van der Waals surface area contributed by atoms with Gasteiger partial charge in [-0.25, -0.2) is 0 Å². The monoisotopic (exact) mass is 267 g/mol. The summed E-state index contributed by atoms with van der Waals surface area (Å²) in [5.74, 6) is 1.63. The van der Waals surface area contributed by atoms with Gasteiger partial charge in [0.15, 0.2) is 0 Å². The Bertz CT molecular complexity index is 405. The van der Waals surface area contributed by atoms with Crippen LogP contribution in [0.5, 0.6) is 5.75 Å². The van der Waals surface area contributed by atoms with E-state index in [2.05, 4.69) is 6.92 Å². The molecule has 0 saturated heterocycles. The van der Waals surface area contributed by atoms with Gasteiger partial charge in [-0.15, -0.1) is 0 Å².